The van der Waals surface area contributed by atoms with E-state index < -0.39 is 0 Å². The molecule has 1 aromatic heterocycles. The van der Waals surface area contributed by atoms with Crippen molar-refractivity contribution in [1.82, 2.24) is 9.97 Å². The van der Waals surface area contributed by atoms with E-state index in [4.69, 9.17) is 15.2 Å². The van der Waals surface area contributed by atoms with Crippen molar-refractivity contribution in [3.05, 3.63) is 12.0 Å². The lowest BCUT2D eigenvalue weighted by Crippen LogP contribution is -2.27. The molecule has 5 heteroatoms. The number of nitrogens with zero attached hydrogens (tertiary/aromatic N) is 2. The van der Waals surface area contributed by atoms with Crippen LogP contribution >= 0.6 is 0 Å². The summed E-state index contributed by atoms with van der Waals surface area (Å²) in [4.78, 5) is 8.26. The quantitative estimate of drug-likeness (QED) is 0.704. The number of hydrogen-bond acceptors (Lipinski definition) is 5. The van der Waals surface area contributed by atoms with Crippen LogP contribution in [0.3, 0.4) is 0 Å². The van der Waals surface area contributed by atoms with Crippen molar-refractivity contribution < 1.29 is 9.47 Å². The fourth-order valence-corrected chi connectivity index (χ4v) is 1.14. The summed E-state index contributed by atoms with van der Waals surface area (Å²) in [6, 6.07) is 0. The molecule has 0 spiro atoms. The van der Waals surface area contributed by atoms with Crippen LogP contribution in [0.2, 0.25) is 0 Å². The zero-order chi connectivity index (χ0) is 9.26. The van der Waals surface area contributed by atoms with E-state index in [-0.39, 0.29) is 0 Å². The molecule has 1 fully saturated rings. The summed E-state index contributed by atoms with van der Waals surface area (Å²) in [5.41, 5.74) is 5.63. The van der Waals surface area contributed by atoms with Crippen LogP contribution in [0.1, 0.15) is 11.7 Å². The van der Waals surface area contributed by atoms with Gasteiger partial charge in [0.15, 0.2) is 11.6 Å². The molecule has 1 saturated heterocycles. The van der Waals surface area contributed by atoms with Gasteiger partial charge in [0, 0.05) is 0 Å². The van der Waals surface area contributed by atoms with E-state index in [1.165, 1.54) is 0 Å². The molecule has 2 rings (SSSR count). The number of methoxy groups -OCH3 is 1. The Labute approximate surface area is 75.9 Å². The van der Waals surface area contributed by atoms with Gasteiger partial charge >= 0.3 is 0 Å². The molecule has 0 aromatic carbocycles. The van der Waals surface area contributed by atoms with Crippen molar-refractivity contribution in [2.24, 2.45) is 0 Å². The first-order chi connectivity index (χ1) is 6.31. The maximum absolute atomic E-state index is 5.63. The first kappa shape index (κ1) is 8.25. The molecule has 1 aromatic rings. The summed E-state index contributed by atoms with van der Waals surface area (Å²) in [6.07, 6.45) is 1.59. The highest BCUT2D eigenvalue weighted by atomic mass is 16.5. The third-order valence-electron chi connectivity index (χ3n) is 2.02. The van der Waals surface area contributed by atoms with Crippen LogP contribution < -0.4 is 10.5 Å². The van der Waals surface area contributed by atoms with E-state index in [1.54, 1.807) is 13.3 Å². The number of nitrogens with two attached hydrogens (primary N) is 1. The minimum Gasteiger partial charge on any atom is -0.491 e. The van der Waals surface area contributed by atoms with Crippen LogP contribution in [0.15, 0.2) is 6.20 Å². The Bertz CT molecular complexity index is 312. The second kappa shape index (κ2) is 3.18. The van der Waals surface area contributed by atoms with Crippen molar-refractivity contribution in [3.8, 4) is 5.75 Å². The average Bonchev–Trinajstić information content (AvgIpc) is 2.01. The van der Waals surface area contributed by atoms with E-state index >= 15 is 0 Å². The molecule has 70 valence electrons. The van der Waals surface area contributed by atoms with Gasteiger partial charge in [-0.25, -0.2) is 9.97 Å². The molecule has 2 N–H and O–H groups in total. The van der Waals surface area contributed by atoms with Gasteiger partial charge in [0.1, 0.15) is 5.82 Å². The largest absolute Gasteiger partial charge is 0.491 e. The number of aromatic nitrogens is 2. The third kappa shape index (κ3) is 1.42. The summed E-state index contributed by atoms with van der Waals surface area (Å²) >= 11 is 0. The SMILES string of the molecule is COc1cnc(C2COC2)nc1N. The maximum atomic E-state index is 5.63. The lowest BCUT2D eigenvalue weighted by Gasteiger charge is -2.24. The van der Waals surface area contributed by atoms with Crippen molar-refractivity contribution in [2.75, 3.05) is 26.1 Å². The number of rotatable bonds is 2. The average molecular weight is 181 g/mol. The lowest BCUT2D eigenvalue weighted by molar-refractivity contribution is 0.00487. The van der Waals surface area contributed by atoms with Gasteiger partial charge in [-0.1, -0.05) is 0 Å². The van der Waals surface area contributed by atoms with Crippen molar-refractivity contribution in [1.29, 1.82) is 0 Å². The van der Waals surface area contributed by atoms with Gasteiger partial charge in [-0.2, -0.15) is 0 Å². The Kier molecular flexibility index (Phi) is 2.02. The Morgan fingerprint density at radius 2 is 2.38 bits per heavy atom. The van der Waals surface area contributed by atoms with Crippen LogP contribution in [0, 0.1) is 0 Å². The zero-order valence-corrected chi connectivity index (χ0v) is 7.36. The number of anilines is 1. The molecule has 0 atom stereocenters. The second-order valence-electron chi connectivity index (χ2n) is 2.92. The molecule has 0 saturated carbocycles. The highest BCUT2D eigenvalue weighted by Gasteiger charge is 2.23. The van der Waals surface area contributed by atoms with Gasteiger partial charge < -0.3 is 15.2 Å². The van der Waals surface area contributed by atoms with Gasteiger partial charge in [0.05, 0.1) is 32.4 Å². The minimum absolute atomic E-state index is 0.299. The van der Waals surface area contributed by atoms with E-state index in [0.29, 0.717) is 30.7 Å². The first-order valence-corrected chi connectivity index (χ1v) is 4.05. The summed E-state index contributed by atoms with van der Waals surface area (Å²) in [5, 5.41) is 0. The monoisotopic (exact) mass is 181 g/mol. The van der Waals surface area contributed by atoms with Gasteiger partial charge in [0.25, 0.3) is 0 Å². The molecule has 13 heavy (non-hydrogen) atoms. The number of ether oxygens (including phenoxy) is 2. The Hall–Kier alpha value is -1.36. The van der Waals surface area contributed by atoms with Crippen LogP contribution in [-0.4, -0.2) is 30.3 Å². The van der Waals surface area contributed by atoms with Crippen molar-refractivity contribution in [2.45, 2.75) is 5.92 Å². The van der Waals surface area contributed by atoms with E-state index in [0.717, 1.165) is 5.82 Å². The Morgan fingerprint density at radius 3 is 2.85 bits per heavy atom. The van der Waals surface area contributed by atoms with Crippen molar-refractivity contribution >= 4 is 5.82 Å². The third-order valence-corrected chi connectivity index (χ3v) is 2.02. The molecule has 1 aliphatic heterocycles. The fraction of sp³-hybridized carbons (Fsp3) is 0.500. The molecule has 0 amide bonds. The Balaban J connectivity index is 2.24. The lowest BCUT2D eigenvalue weighted by atomic mass is 10.1. The molecule has 2 heterocycles. The molecule has 0 radical (unpaired) electrons. The van der Waals surface area contributed by atoms with Crippen LogP contribution in [0.25, 0.3) is 0 Å². The van der Waals surface area contributed by atoms with Gasteiger partial charge in [0.2, 0.25) is 0 Å². The van der Waals surface area contributed by atoms with Gasteiger partial charge in [-0.3, -0.25) is 0 Å². The summed E-state index contributed by atoms with van der Waals surface area (Å²) in [6.45, 7) is 1.37. The predicted octanol–water partition coefficient (Wildman–Crippen LogP) is 0.181. The maximum Gasteiger partial charge on any atom is 0.179 e. The standard InChI is InChI=1S/C8H11N3O2/c1-12-6-2-10-8(11-7(6)9)5-3-13-4-5/h2,5H,3-4H2,1H3,(H2,9,10,11). The smallest absolute Gasteiger partial charge is 0.179 e. The summed E-state index contributed by atoms with van der Waals surface area (Å²) in [5.74, 6) is 1.95. The summed E-state index contributed by atoms with van der Waals surface area (Å²) < 4.78 is 9.98. The van der Waals surface area contributed by atoms with Crippen molar-refractivity contribution in [3.63, 3.8) is 0 Å². The molecular weight excluding hydrogens is 170 g/mol. The zero-order valence-electron chi connectivity index (χ0n) is 7.36. The molecule has 0 unspecified atom stereocenters. The summed E-state index contributed by atoms with van der Waals surface area (Å²) in [7, 11) is 1.54. The van der Waals surface area contributed by atoms with Crippen LogP contribution in [0.5, 0.6) is 5.75 Å². The highest BCUT2D eigenvalue weighted by Crippen LogP contribution is 2.24. The van der Waals surface area contributed by atoms with Gasteiger partial charge in [-0.15, -0.1) is 0 Å². The van der Waals surface area contributed by atoms with Gasteiger partial charge in [-0.05, 0) is 0 Å². The number of hydrogen-bond donors (Lipinski definition) is 1. The van der Waals surface area contributed by atoms with E-state index in [9.17, 15) is 0 Å². The Morgan fingerprint density at radius 1 is 1.62 bits per heavy atom. The fourth-order valence-electron chi connectivity index (χ4n) is 1.14. The topological polar surface area (TPSA) is 70.3 Å². The highest BCUT2D eigenvalue weighted by molar-refractivity contribution is 5.44. The molecule has 0 aliphatic carbocycles. The molecule has 0 bridgehead atoms. The minimum atomic E-state index is 0.299. The first-order valence-electron chi connectivity index (χ1n) is 4.05. The molecular formula is C8H11N3O2. The van der Waals surface area contributed by atoms with E-state index in [2.05, 4.69) is 9.97 Å². The van der Waals surface area contributed by atoms with Crippen LogP contribution in [0.4, 0.5) is 5.82 Å². The predicted molar refractivity (Wildman–Crippen MR) is 46.6 cm³/mol. The second-order valence-corrected chi connectivity index (χ2v) is 2.92. The molecule has 1 aliphatic rings. The van der Waals surface area contributed by atoms with Crippen LogP contribution in [-0.2, 0) is 4.74 Å². The number of nitrogen functional groups attached to an aromatic ring is 1. The molecule has 5 nitrogen and oxygen atoms in total. The normalized spacial score (nSPS) is 16.7. The van der Waals surface area contributed by atoms with E-state index in [1.807, 2.05) is 0 Å².